The highest BCUT2D eigenvalue weighted by atomic mass is 35.5. The fourth-order valence-electron chi connectivity index (χ4n) is 3.80. The van der Waals surface area contributed by atoms with E-state index in [2.05, 4.69) is 23.7 Å². The van der Waals surface area contributed by atoms with Crippen molar-refractivity contribution in [1.29, 1.82) is 0 Å². The van der Waals surface area contributed by atoms with Crippen LogP contribution in [0.25, 0.3) is 10.2 Å². The van der Waals surface area contributed by atoms with Gasteiger partial charge in [0.05, 0.1) is 11.4 Å². The molecule has 1 aliphatic rings. The predicted molar refractivity (Wildman–Crippen MR) is 113 cm³/mol. The number of benzene rings is 1. The molecular formula is C21H24ClN3OS. The zero-order valence-corrected chi connectivity index (χ0v) is 17.5. The molecule has 1 N–H and O–H groups in total. The lowest BCUT2D eigenvalue weighted by atomic mass is 9.89. The monoisotopic (exact) mass is 401 g/mol. The van der Waals surface area contributed by atoms with Crippen molar-refractivity contribution in [3.63, 3.8) is 0 Å². The van der Waals surface area contributed by atoms with E-state index < -0.39 is 0 Å². The normalized spacial score (nSPS) is 18.0. The molecule has 2 unspecified atom stereocenters. The molecule has 0 saturated carbocycles. The van der Waals surface area contributed by atoms with Crippen LogP contribution in [0.5, 0.6) is 0 Å². The van der Waals surface area contributed by atoms with Gasteiger partial charge in [-0.05, 0) is 56.3 Å². The van der Waals surface area contributed by atoms with Crippen LogP contribution in [-0.2, 0) is 19.4 Å². The van der Waals surface area contributed by atoms with E-state index in [0.29, 0.717) is 18.3 Å². The third-order valence-electron chi connectivity index (χ3n) is 5.62. The Hall–Kier alpha value is -1.69. The standard InChI is InChI=1S/C21H24ClN3OS/c1-12-8-9-15-17(10-12)27-21-18(15)20(26)23-19(24-21)13(2)25(3)11-14-6-4-5-7-16(14)22/h4-7,12-13H,8-11H2,1-3H3,(H,23,24,26). The van der Waals surface area contributed by atoms with Crippen LogP contribution in [0.1, 0.15) is 48.1 Å². The zero-order chi connectivity index (χ0) is 19.1. The summed E-state index contributed by atoms with van der Waals surface area (Å²) in [5, 5.41) is 1.57. The van der Waals surface area contributed by atoms with Gasteiger partial charge in [0.25, 0.3) is 5.56 Å². The van der Waals surface area contributed by atoms with E-state index >= 15 is 0 Å². The van der Waals surface area contributed by atoms with Gasteiger partial charge in [-0.15, -0.1) is 11.3 Å². The van der Waals surface area contributed by atoms with Gasteiger partial charge in [0.15, 0.2) is 0 Å². The number of halogens is 1. The van der Waals surface area contributed by atoms with Crippen LogP contribution in [0.4, 0.5) is 0 Å². The van der Waals surface area contributed by atoms with Gasteiger partial charge in [0.1, 0.15) is 10.7 Å². The van der Waals surface area contributed by atoms with Gasteiger partial charge in [-0.2, -0.15) is 0 Å². The number of fused-ring (bicyclic) bond motifs is 3. The van der Waals surface area contributed by atoms with Crippen molar-refractivity contribution in [3.05, 3.63) is 61.5 Å². The number of aromatic amines is 1. The lowest BCUT2D eigenvalue weighted by molar-refractivity contribution is 0.244. The van der Waals surface area contributed by atoms with E-state index in [1.807, 2.05) is 31.3 Å². The molecule has 0 bridgehead atoms. The third kappa shape index (κ3) is 3.56. The van der Waals surface area contributed by atoms with Crippen LogP contribution in [-0.4, -0.2) is 21.9 Å². The second-order valence-electron chi connectivity index (χ2n) is 7.67. The highest BCUT2D eigenvalue weighted by Crippen LogP contribution is 2.36. The first-order chi connectivity index (χ1) is 12.9. The molecule has 0 spiro atoms. The van der Waals surface area contributed by atoms with Crippen molar-refractivity contribution < 1.29 is 0 Å². The predicted octanol–water partition coefficient (Wildman–Crippen LogP) is 4.96. The number of nitrogens with one attached hydrogen (secondary N) is 1. The fraction of sp³-hybridized carbons (Fsp3) is 0.429. The minimum Gasteiger partial charge on any atom is -0.309 e. The quantitative estimate of drug-likeness (QED) is 0.672. The average molecular weight is 402 g/mol. The highest BCUT2D eigenvalue weighted by Gasteiger charge is 2.24. The Balaban J connectivity index is 1.65. The number of hydrogen-bond acceptors (Lipinski definition) is 4. The van der Waals surface area contributed by atoms with Gasteiger partial charge >= 0.3 is 0 Å². The lowest BCUT2D eigenvalue weighted by Gasteiger charge is -2.24. The van der Waals surface area contributed by atoms with Crippen LogP contribution < -0.4 is 5.56 Å². The van der Waals surface area contributed by atoms with E-state index in [-0.39, 0.29) is 11.6 Å². The van der Waals surface area contributed by atoms with Crippen molar-refractivity contribution in [2.75, 3.05) is 7.05 Å². The Labute approximate surface area is 168 Å². The molecule has 0 radical (unpaired) electrons. The Kier molecular flexibility index (Phi) is 5.10. The topological polar surface area (TPSA) is 49.0 Å². The van der Waals surface area contributed by atoms with E-state index in [1.54, 1.807) is 11.3 Å². The Morgan fingerprint density at radius 1 is 1.41 bits per heavy atom. The average Bonchev–Trinajstić information content (AvgIpc) is 3.00. The molecule has 6 heteroatoms. The molecule has 2 heterocycles. The Morgan fingerprint density at radius 2 is 2.19 bits per heavy atom. The maximum absolute atomic E-state index is 12.8. The molecular weight excluding hydrogens is 378 g/mol. The second-order valence-corrected chi connectivity index (χ2v) is 9.16. The summed E-state index contributed by atoms with van der Waals surface area (Å²) in [6.07, 6.45) is 3.20. The minimum atomic E-state index is -0.0172. The van der Waals surface area contributed by atoms with Crippen LogP contribution in [0.3, 0.4) is 0 Å². The Morgan fingerprint density at radius 3 is 2.96 bits per heavy atom. The maximum atomic E-state index is 12.8. The molecule has 142 valence electrons. The maximum Gasteiger partial charge on any atom is 0.259 e. The first-order valence-electron chi connectivity index (χ1n) is 9.42. The van der Waals surface area contributed by atoms with Gasteiger partial charge in [0.2, 0.25) is 0 Å². The van der Waals surface area contributed by atoms with Crippen LogP contribution in [0, 0.1) is 5.92 Å². The van der Waals surface area contributed by atoms with Gasteiger partial charge < -0.3 is 4.98 Å². The van der Waals surface area contributed by atoms with E-state index in [0.717, 1.165) is 40.1 Å². The van der Waals surface area contributed by atoms with E-state index in [4.69, 9.17) is 16.6 Å². The number of H-pyrrole nitrogens is 1. The van der Waals surface area contributed by atoms with Crippen LogP contribution in [0.15, 0.2) is 29.1 Å². The Bertz CT molecular complexity index is 1040. The molecule has 1 aliphatic carbocycles. The number of aryl methyl sites for hydroxylation is 1. The summed E-state index contributed by atoms with van der Waals surface area (Å²) in [6.45, 7) is 5.04. The number of aromatic nitrogens is 2. The summed E-state index contributed by atoms with van der Waals surface area (Å²) in [4.78, 5) is 25.1. The van der Waals surface area contributed by atoms with E-state index in [1.165, 1.54) is 10.4 Å². The van der Waals surface area contributed by atoms with Crippen molar-refractivity contribution in [3.8, 4) is 0 Å². The molecule has 1 aromatic carbocycles. The van der Waals surface area contributed by atoms with Crippen molar-refractivity contribution in [2.24, 2.45) is 5.92 Å². The zero-order valence-electron chi connectivity index (χ0n) is 15.9. The SMILES string of the molecule is CC1CCc2c(sc3nc(C(C)N(C)Cc4ccccc4Cl)[nH]c(=O)c23)C1. The van der Waals surface area contributed by atoms with E-state index in [9.17, 15) is 4.79 Å². The largest absolute Gasteiger partial charge is 0.309 e. The van der Waals surface area contributed by atoms with Gasteiger partial charge in [-0.3, -0.25) is 9.69 Å². The van der Waals surface area contributed by atoms with Gasteiger partial charge in [-0.1, -0.05) is 36.7 Å². The van der Waals surface area contributed by atoms with Crippen molar-refractivity contribution in [1.82, 2.24) is 14.9 Å². The van der Waals surface area contributed by atoms with Crippen LogP contribution in [0.2, 0.25) is 5.02 Å². The smallest absolute Gasteiger partial charge is 0.259 e. The molecule has 0 saturated heterocycles. The number of thiophene rings is 1. The summed E-state index contributed by atoms with van der Waals surface area (Å²) in [5.41, 5.74) is 2.29. The number of rotatable bonds is 4. The molecule has 4 nitrogen and oxygen atoms in total. The van der Waals surface area contributed by atoms with Gasteiger partial charge in [-0.25, -0.2) is 4.98 Å². The molecule has 3 aromatic rings. The van der Waals surface area contributed by atoms with Crippen molar-refractivity contribution in [2.45, 2.75) is 45.7 Å². The molecule has 4 rings (SSSR count). The second kappa shape index (κ2) is 7.38. The van der Waals surface area contributed by atoms with Gasteiger partial charge in [0, 0.05) is 16.4 Å². The molecule has 0 amide bonds. The third-order valence-corrected chi connectivity index (χ3v) is 7.14. The number of nitrogens with zero attached hydrogens (tertiary/aromatic N) is 2. The summed E-state index contributed by atoms with van der Waals surface area (Å²) in [5.74, 6) is 1.40. The summed E-state index contributed by atoms with van der Waals surface area (Å²) >= 11 is 7.99. The molecule has 2 atom stereocenters. The highest BCUT2D eigenvalue weighted by molar-refractivity contribution is 7.18. The lowest BCUT2D eigenvalue weighted by Crippen LogP contribution is -2.26. The number of hydrogen-bond donors (Lipinski definition) is 1. The molecule has 0 fully saturated rings. The fourth-order valence-corrected chi connectivity index (χ4v) is 5.39. The summed E-state index contributed by atoms with van der Waals surface area (Å²) in [7, 11) is 2.03. The molecule has 27 heavy (non-hydrogen) atoms. The summed E-state index contributed by atoms with van der Waals surface area (Å²) in [6, 6.07) is 7.83. The molecule has 2 aromatic heterocycles. The molecule has 0 aliphatic heterocycles. The first-order valence-corrected chi connectivity index (χ1v) is 10.6. The summed E-state index contributed by atoms with van der Waals surface area (Å²) < 4.78 is 0. The minimum absolute atomic E-state index is 0.0000431. The van der Waals surface area contributed by atoms with Crippen molar-refractivity contribution >= 4 is 33.2 Å². The first kappa shape index (κ1) is 18.7. The van der Waals surface area contributed by atoms with Crippen LogP contribution >= 0.6 is 22.9 Å².